The van der Waals surface area contributed by atoms with Crippen LogP contribution in [0.4, 0.5) is 8.78 Å². The molecule has 1 aliphatic carbocycles. The molecule has 5 heteroatoms. The van der Waals surface area contributed by atoms with Crippen LogP contribution in [-0.2, 0) is 4.74 Å². The maximum absolute atomic E-state index is 14.1. The van der Waals surface area contributed by atoms with Gasteiger partial charge in [-0.15, -0.1) is 0 Å². The van der Waals surface area contributed by atoms with Crippen LogP contribution in [0, 0.1) is 17.6 Å². The Kier molecular flexibility index (Phi) is 4.73. The summed E-state index contributed by atoms with van der Waals surface area (Å²) >= 11 is 0. The van der Waals surface area contributed by atoms with E-state index >= 15 is 0 Å². The number of ether oxygens (including phenoxy) is 1. The van der Waals surface area contributed by atoms with Gasteiger partial charge in [0.05, 0.1) is 11.6 Å². The van der Waals surface area contributed by atoms with E-state index in [4.69, 9.17) is 10.6 Å². The fourth-order valence-corrected chi connectivity index (χ4v) is 3.37. The van der Waals surface area contributed by atoms with Crippen LogP contribution in [0.2, 0.25) is 0 Å². The van der Waals surface area contributed by atoms with E-state index in [1.165, 1.54) is 12.1 Å². The Balaban J connectivity index is 2.38. The zero-order valence-corrected chi connectivity index (χ0v) is 12.0. The number of hydrogen-bond donors (Lipinski definition) is 2. The van der Waals surface area contributed by atoms with Crippen molar-refractivity contribution in [2.45, 2.75) is 44.2 Å². The van der Waals surface area contributed by atoms with Crippen molar-refractivity contribution in [1.82, 2.24) is 5.43 Å². The Labute approximate surface area is 118 Å². The van der Waals surface area contributed by atoms with Crippen molar-refractivity contribution in [3.8, 4) is 0 Å². The Morgan fingerprint density at radius 2 is 2.20 bits per heavy atom. The van der Waals surface area contributed by atoms with E-state index in [2.05, 4.69) is 12.3 Å². The van der Waals surface area contributed by atoms with Gasteiger partial charge in [0.2, 0.25) is 0 Å². The molecule has 2 rings (SSSR count). The van der Waals surface area contributed by atoms with E-state index in [-0.39, 0.29) is 0 Å². The predicted molar refractivity (Wildman–Crippen MR) is 73.8 cm³/mol. The Morgan fingerprint density at radius 1 is 1.45 bits per heavy atom. The average Bonchev–Trinajstić information content (AvgIpc) is 2.42. The van der Waals surface area contributed by atoms with E-state index in [1.807, 2.05) is 0 Å². The van der Waals surface area contributed by atoms with Gasteiger partial charge in [-0.2, -0.15) is 0 Å². The molecule has 0 saturated heterocycles. The average molecular weight is 284 g/mol. The molecule has 0 bridgehead atoms. The Bertz CT molecular complexity index is 469. The molecule has 1 fully saturated rings. The lowest BCUT2D eigenvalue weighted by Gasteiger charge is -2.44. The number of nitrogens with one attached hydrogen (secondary N) is 1. The monoisotopic (exact) mass is 284 g/mol. The third-order valence-electron chi connectivity index (χ3n) is 4.36. The molecule has 0 aromatic heterocycles. The van der Waals surface area contributed by atoms with Crippen LogP contribution in [0.1, 0.15) is 44.2 Å². The highest BCUT2D eigenvalue weighted by atomic mass is 19.1. The third-order valence-corrected chi connectivity index (χ3v) is 4.36. The van der Waals surface area contributed by atoms with Crippen molar-refractivity contribution < 1.29 is 13.5 Å². The normalized spacial score (nSPS) is 28.4. The van der Waals surface area contributed by atoms with E-state index in [0.717, 1.165) is 31.7 Å². The molecule has 0 heterocycles. The maximum atomic E-state index is 14.1. The van der Waals surface area contributed by atoms with E-state index < -0.39 is 23.3 Å². The molecule has 1 aromatic carbocycles. The molecule has 3 unspecified atom stereocenters. The maximum Gasteiger partial charge on any atom is 0.131 e. The molecule has 0 aliphatic heterocycles. The summed E-state index contributed by atoms with van der Waals surface area (Å²) < 4.78 is 32.9. The minimum atomic E-state index is -0.595. The second-order valence-electron chi connectivity index (χ2n) is 5.74. The minimum Gasteiger partial charge on any atom is -0.376 e. The fraction of sp³-hybridized carbons (Fsp3) is 0.600. The standard InChI is InChI=1S/C15H22F2N2O/c1-10-4-3-7-15(9-10,20-2)14(19-18)12-6-5-11(16)8-13(12)17/h5-6,8,10,14,19H,3-4,7,9,18H2,1-2H3. The van der Waals surface area contributed by atoms with Gasteiger partial charge >= 0.3 is 0 Å². The molecule has 0 spiro atoms. The number of hydrogen-bond acceptors (Lipinski definition) is 3. The Hall–Kier alpha value is -1.04. The van der Waals surface area contributed by atoms with Gasteiger partial charge < -0.3 is 4.74 Å². The van der Waals surface area contributed by atoms with Crippen molar-refractivity contribution in [3.05, 3.63) is 35.4 Å². The van der Waals surface area contributed by atoms with Gasteiger partial charge in [0, 0.05) is 18.7 Å². The van der Waals surface area contributed by atoms with Gasteiger partial charge in [-0.1, -0.05) is 25.8 Å². The summed E-state index contributed by atoms with van der Waals surface area (Å²) in [7, 11) is 1.63. The zero-order valence-electron chi connectivity index (χ0n) is 12.0. The molecule has 20 heavy (non-hydrogen) atoms. The summed E-state index contributed by atoms with van der Waals surface area (Å²) in [4.78, 5) is 0. The van der Waals surface area contributed by atoms with Crippen molar-refractivity contribution >= 4 is 0 Å². The lowest BCUT2D eigenvalue weighted by molar-refractivity contribution is -0.0813. The first-order valence-electron chi connectivity index (χ1n) is 6.98. The smallest absolute Gasteiger partial charge is 0.131 e. The summed E-state index contributed by atoms with van der Waals surface area (Å²) in [5.74, 6) is 4.96. The summed E-state index contributed by atoms with van der Waals surface area (Å²) in [6.07, 6.45) is 3.75. The molecule has 3 nitrogen and oxygen atoms in total. The Morgan fingerprint density at radius 3 is 2.75 bits per heavy atom. The minimum absolute atomic E-state index is 0.352. The number of rotatable bonds is 4. The molecule has 0 amide bonds. The molecule has 1 saturated carbocycles. The van der Waals surface area contributed by atoms with Gasteiger partial charge in [-0.3, -0.25) is 5.84 Å². The van der Waals surface area contributed by atoms with Crippen molar-refractivity contribution in [3.63, 3.8) is 0 Å². The molecule has 112 valence electrons. The first-order chi connectivity index (χ1) is 9.52. The van der Waals surface area contributed by atoms with Crippen molar-refractivity contribution in [2.75, 3.05) is 7.11 Å². The summed E-state index contributed by atoms with van der Waals surface area (Å²) in [6, 6.07) is 3.08. The summed E-state index contributed by atoms with van der Waals surface area (Å²) in [6.45, 7) is 2.15. The number of nitrogens with two attached hydrogens (primary N) is 1. The molecular formula is C15H22F2N2O. The number of halogens is 2. The second kappa shape index (κ2) is 6.16. The van der Waals surface area contributed by atoms with Crippen LogP contribution in [-0.4, -0.2) is 12.7 Å². The van der Waals surface area contributed by atoms with E-state index in [9.17, 15) is 8.78 Å². The van der Waals surface area contributed by atoms with Gasteiger partial charge in [0.1, 0.15) is 11.6 Å². The quantitative estimate of drug-likeness (QED) is 0.660. The number of hydrazine groups is 1. The topological polar surface area (TPSA) is 47.3 Å². The highest BCUT2D eigenvalue weighted by Crippen LogP contribution is 2.43. The number of methoxy groups -OCH3 is 1. The van der Waals surface area contributed by atoms with E-state index in [0.29, 0.717) is 11.5 Å². The lowest BCUT2D eigenvalue weighted by Crippen LogP contribution is -2.50. The first kappa shape index (κ1) is 15.4. The molecule has 1 aromatic rings. The summed E-state index contributed by atoms with van der Waals surface area (Å²) in [5.41, 5.74) is 2.47. The van der Waals surface area contributed by atoms with Crippen LogP contribution >= 0.6 is 0 Å². The SMILES string of the molecule is COC1(C(NN)c2ccc(F)cc2F)CCCC(C)C1. The van der Waals surface area contributed by atoms with Gasteiger partial charge in [-0.25, -0.2) is 14.2 Å². The lowest BCUT2D eigenvalue weighted by atomic mass is 9.73. The van der Waals surface area contributed by atoms with Crippen LogP contribution in [0.25, 0.3) is 0 Å². The summed E-state index contributed by atoms with van der Waals surface area (Å²) in [5, 5.41) is 0. The third kappa shape index (κ3) is 2.85. The van der Waals surface area contributed by atoms with Crippen LogP contribution in [0.15, 0.2) is 18.2 Å². The van der Waals surface area contributed by atoms with Gasteiger partial charge in [0.25, 0.3) is 0 Å². The first-order valence-corrected chi connectivity index (χ1v) is 6.98. The highest BCUT2D eigenvalue weighted by molar-refractivity contribution is 5.25. The van der Waals surface area contributed by atoms with Crippen LogP contribution < -0.4 is 11.3 Å². The van der Waals surface area contributed by atoms with Crippen LogP contribution in [0.5, 0.6) is 0 Å². The second-order valence-corrected chi connectivity index (χ2v) is 5.74. The largest absolute Gasteiger partial charge is 0.376 e. The zero-order chi connectivity index (χ0) is 14.8. The van der Waals surface area contributed by atoms with Gasteiger partial charge in [0.15, 0.2) is 0 Å². The molecule has 1 aliphatic rings. The molecule has 3 atom stereocenters. The molecule has 3 N–H and O–H groups in total. The molecular weight excluding hydrogens is 262 g/mol. The van der Waals surface area contributed by atoms with Crippen LogP contribution in [0.3, 0.4) is 0 Å². The fourth-order valence-electron chi connectivity index (χ4n) is 3.37. The van der Waals surface area contributed by atoms with E-state index in [1.54, 1.807) is 7.11 Å². The number of benzene rings is 1. The molecule has 0 radical (unpaired) electrons. The highest BCUT2D eigenvalue weighted by Gasteiger charge is 2.43. The van der Waals surface area contributed by atoms with Crippen molar-refractivity contribution in [1.29, 1.82) is 0 Å². The predicted octanol–water partition coefficient (Wildman–Crippen LogP) is 3.06. The van der Waals surface area contributed by atoms with Crippen molar-refractivity contribution in [2.24, 2.45) is 11.8 Å². The van der Waals surface area contributed by atoms with Gasteiger partial charge in [-0.05, 0) is 24.8 Å².